The second-order valence-electron chi connectivity index (χ2n) is 6.70. The lowest BCUT2D eigenvalue weighted by Gasteiger charge is -2.10. The molecule has 2 aromatic heterocycles. The van der Waals surface area contributed by atoms with Gasteiger partial charge in [-0.05, 0) is 42.5 Å². The largest absolute Gasteiger partial charge is 0.419 e. The Morgan fingerprint density at radius 3 is 2.42 bits per heavy atom. The first-order chi connectivity index (χ1) is 14.7. The van der Waals surface area contributed by atoms with Crippen molar-refractivity contribution in [1.29, 1.82) is 0 Å². The topological polar surface area (TPSA) is 131 Å². The molecule has 4 aromatic rings. The molecule has 0 bridgehead atoms. The highest BCUT2D eigenvalue weighted by molar-refractivity contribution is 7.92. The quantitative estimate of drug-likeness (QED) is 0.414. The molecule has 0 atom stereocenters. The Bertz CT molecular complexity index is 1430. The summed E-state index contributed by atoms with van der Waals surface area (Å²) in [6.45, 7) is 0. The van der Waals surface area contributed by atoms with Crippen LogP contribution in [0.15, 0.2) is 57.9 Å². The third kappa shape index (κ3) is 4.64. The summed E-state index contributed by atoms with van der Waals surface area (Å²) in [4.78, 5) is 19.7. The average molecular weight is 444 g/mol. The Hall–Kier alpha value is -3.93. The number of hydrogen-bond acceptors (Lipinski definition) is 8. The van der Waals surface area contributed by atoms with E-state index in [9.17, 15) is 17.6 Å². The maximum atomic E-state index is 14.2. The molecule has 0 spiro atoms. The highest BCUT2D eigenvalue weighted by Gasteiger charge is 2.11. The molecule has 0 unspecified atom stereocenters. The molecule has 12 heteroatoms. The predicted molar refractivity (Wildman–Crippen MR) is 115 cm³/mol. The van der Waals surface area contributed by atoms with Crippen LogP contribution in [0.2, 0.25) is 0 Å². The zero-order valence-corrected chi connectivity index (χ0v) is 17.2. The monoisotopic (exact) mass is 444 g/mol. The van der Waals surface area contributed by atoms with Crippen molar-refractivity contribution >= 4 is 50.0 Å². The van der Waals surface area contributed by atoms with Crippen LogP contribution in [0, 0.1) is 5.82 Å². The van der Waals surface area contributed by atoms with Gasteiger partial charge in [-0.2, -0.15) is 4.98 Å². The van der Waals surface area contributed by atoms with E-state index in [0.29, 0.717) is 28.2 Å². The van der Waals surface area contributed by atoms with Gasteiger partial charge in [-0.25, -0.2) is 22.6 Å². The second-order valence-corrected chi connectivity index (χ2v) is 8.45. The normalized spacial score (nSPS) is 11.5. The SMILES string of the molecule is Cn1c(=O)oc2ccc(Nc3nc(Nc4ccc(NS(C)(=O)=O)cc4)ncc3F)cc21. The van der Waals surface area contributed by atoms with E-state index in [1.54, 1.807) is 49.5 Å². The molecule has 0 amide bonds. The van der Waals surface area contributed by atoms with Crippen LogP contribution in [0.25, 0.3) is 11.1 Å². The van der Waals surface area contributed by atoms with Crippen molar-refractivity contribution in [1.82, 2.24) is 14.5 Å². The predicted octanol–water partition coefficient (Wildman–Crippen LogP) is 2.92. The number of benzene rings is 2. The van der Waals surface area contributed by atoms with Gasteiger partial charge in [-0.3, -0.25) is 9.29 Å². The Morgan fingerprint density at radius 2 is 1.71 bits per heavy atom. The van der Waals surface area contributed by atoms with Crippen LogP contribution in [0.3, 0.4) is 0 Å². The van der Waals surface area contributed by atoms with E-state index in [1.807, 2.05) is 0 Å². The van der Waals surface area contributed by atoms with Crippen LogP contribution in [-0.4, -0.2) is 29.2 Å². The molecule has 4 rings (SSSR count). The van der Waals surface area contributed by atoms with Crippen LogP contribution >= 0.6 is 0 Å². The number of sulfonamides is 1. The number of rotatable bonds is 6. The number of anilines is 5. The molecular formula is C19H17FN6O4S. The fourth-order valence-corrected chi connectivity index (χ4v) is 3.39. The minimum absolute atomic E-state index is 0.0688. The van der Waals surface area contributed by atoms with Crippen LogP contribution in [0.4, 0.5) is 33.2 Å². The maximum Gasteiger partial charge on any atom is 0.419 e. The number of nitrogens with one attached hydrogen (secondary N) is 3. The summed E-state index contributed by atoms with van der Waals surface area (Å²) < 4.78 is 45.6. The molecule has 0 aliphatic rings. The Kier molecular flexibility index (Phi) is 5.07. The van der Waals surface area contributed by atoms with Crippen LogP contribution in [0.1, 0.15) is 0 Å². The van der Waals surface area contributed by atoms with Crippen molar-refractivity contribution in [3.63, 3.8) is 0 Å². The summed E-state index contributed by atoms with van der Waals surface area (Å²) in [7, 11) is -1.80. The number of fused-ring (bicyclic) bond motifs is 1. The summed E-state index contributed by atoms with van der Waals surface area (Å²) in [6.07, 6.45) is 2.08. The molecule has 0 aliphatic carbocycles. The number of hydrogen-bond donors (Lipinski definition) is 3. The van der Waals surface area contributed by atoms with E-state index >= 15 is 0 Å². The molecule has 160 valence electrons. The minimum atomic E-state index is -3.37. The molecule has 2 heterocycles. The third-order valence-electron chi connectivity index (χ3n) is 4.24. The summed E-state index contributed by atoms with van der Waals surface area (Å²) in [5.74, 6) is -1.10. The van der Waals surface area contributed by atoms with Gasteiger partial charge < -0.3 is 15.1 Å². The lowest BCUT2D eigenvalue weighted by molar-refractivity contribution is 0.528. The summed E-state index contributed by atoms with van der Waals surface area (Å²) >= 11 is 0. The fraction of sp³-hybridized carbons (Fsp3) is 0.105. The highest BCUT2D eigenvalue weighted by Crippen LogP contribution is 2.24. The first-order valence-electron chi connectivity index (χ1n) is 8.92. The van der Waals surface area contributed by atoms with E-state index in [1.165, 1.54) is 4.57 Å². The molecule has 10 nitrogen and oxygen atoms in total. The highest BCUT2D eigenvalue weighted by atomic mass is 32.2. The van der Waals surface area contributed by atoms with Gasteiger partial charge in [0.15, 0.2) is 17.2 Å². The number of oxazole rings is 1. The first-order valence-corrected chi connectivity index (χ1v) is 10.8. The average Bonchev–Trinajstić information content (AvgIpc) is 2.99. The minimum Gasteiger partial charge on any atom is -0.408 e. The van der Waals surface area contributed by atoms with Crippen LogP contribution in [-0.2, 0) is 17.1 Å². The van der Waals surface area contributed by atoms with Gasteiger partial charge in [0.2, 0.25) is 16.0 Å². The van der Waals surface area contributed by atoms with Gasteiger partial charge in [-0.1, -0.05) is 0 Å². The van der Waals surface area contributed by atoms with Crippen molar-refractivity contribution in [2.75, 3.05) is 21.6 Å². The molecular weight excluding hydrogens is 427 g/mol. The number of nitrogens with zero attached hydrogens (tertiary/aromatic N) is 3. The molecule has 31 heavy (non-hydrogen) atoms. The van der Waals surface area contributed by atoms with Gasteiger partial charge in [0.25, 0.3) is 0 Å². The Labute approximate surface area is 175 Å². The van der Waals surface area contributed by atoms with Gasteiger partial charge in [0.05, 0.1) is 18.0 Å². The van der Waals surface area contributed by atoms with Crippen LogP contribution < -0.4 is 21.1 Å². The van der Waals surface area contributed by atoms with Gasteiger partial charge in [0, 0.05) is 24.1 Å². The van der Waals surface area contributed by atoms with Crippen molar-refractivity contribution in [3.05, 3.63) is 65.0 Å². The van der Waals surface area contributed by atoms with E-state index in [4.69, 9.17) is 4.42 Å². The lowest BCUT2D eigenvalue weighted by atomic mass is 10.3. The molecule has 0 aliphatic heterocycles. The molecule has 2 aromatic carbocycles. The number of halogens is 1. The lowest BCUT2D eigenvalue weighted by Crippen LogP contribution is -2.09. The van der Waals surface area contributed by atoms with Crippen molar-refractivity contribution in [2.45, 2.75) is 0 Å². The Morgan fingerprint density at radius 1 is 1.03 bits per heavy atom. The Balaban J connectivity index is 1.55. The van der Waals surface area contributed by atoms with Gasteiger partial charge >= 0.3 is 5.76 Å². The zero-order chi connectivity index (χ0) is 22.2. The van der Waals surface area contributed by atoms with Crippen LogP contribution in [0.5, 0.6) is 0 Å². The van der Waals surface area contributed by atoms with Gasteiger partial charge in [-0.15, -0.1) is 0 Å². The third-order valence-corrected chi connectivity index (χ3v) is 4.85. The molecule has 0 radical (unpaired) electrons. The zero-order valence-electron chi connectivity index (χ0n) is 16.4. The smallest absolute Gasteiger partial charge is 0.408 e. The first kappa shape index (κ1) is 20.3. The van der Waals surface area contributed by atoms with E-state index in [0.717, 1.165) is 12.5 Å². The molecule has 0 saturated heterocycles. The summed E-state index contributed by atoms with van der Waals surface area (Å²) in [5, 5.41) is 5.78. The standard InChI is InChI=1S/C19H17FN6O4S/c1-26-15-9-13(7-8-16(15)30-19(26)27)22-17-14(20)10-21-18(24-17)23-11-3-5-12(6-4-11)25-31(2,28)29/h3-10,25H,1-2H3,(H2,21,22,23,24). The number of aromatic nitrogens is 3. The summed E-state index contributed by atoms with van der Waals surface area (Å²) in [6, 6.07) is 11.3. The molecule has 0 fully saturated rings. The second kappa shape index (κ2) is 7.72. The van der Waals surface area contributed by atoms with Crippen molar-refractivity contribution in [2.24, 2.45) is 7.05 Å². The van der Waals surface area contributed by atoms with E-state index in [-0.39, 0.29) is 11.8 Å². The molecule has 3 N–H and O–H groups in total. The van der Waals surface area contributed by atoms with Gasteiger partial charge in [0.1, 0.15) is 0 Å². The molecule has 0 saturated carbocycles. The summed E-state index contributed by atoms with van der Waals surface area (Å²) in [5.41, 5.74) is 2.44. The maximum absolute atomic E-state index is 14.2. The van der Waals surface area contributed by atoms with Crippen molar-refractivity contribution < 1.29 is 17.2 Å². The van der Waals surface area contributed by atoms with E-state index < -0.39 is 21.6 Å². The fourth-order valence-electron chi connectivity index (χ4n) is 2.82. The van der Waals surface area contributed by atoms with Crippen molar-refractivity contribution in [3.8, 4) is 0 Å². The number of aryl methyl sites for hydroxylation is 1. The van der Waals surface area contributed by atoms with E-state index in [2.05, 4.69) is 25.3 Å².